The topological polar surface area (TPSA) is 26.0 Å². The first kappa shape index (κ1) is 17.8. The second kappa shape index (κ2) is 6.73. The summed E-state index contributed by atoms with van der Waals surface area (Å²) in [5, 5.41) is 4.47. The van der Waals surface area contributed by atoms with Crippen molar-refractivity contribution in [2.24, 2.45) is 0 Å². The van der Waals surface area contributed by atoms with Gasteiger partial charge >= 0.3 is 0 Å². The minimum absolute atomic E-state index is 0.234. The molecule has 2 heterocycles. The highest BCUT2D eigenvalue weighted by atomic mass is 16.3. The summed E-state index contributed by atoms with van der Waals surface area (Å²) in [6.07, 6.45) is 7.73. The minimum Gasteiger partial charge on any atom is -0.455 e. The zero-order chi connectivity index (χ0) is 20.1. The number of fused-ring (bicyclic) bond motifs is 5. The van der Waals surface area contributed by atoms with Crippen molar-refractivity contribution in [1.29, 1.82) is 0 Å². The Labute approximate surface area is 177 Å². The summed E-state index contributed by atoms with van der Waals surface area (Å²) in [6, 6.07) is 23.2. The Hall–Kier alpha value is -3.07. The van der Waals surface area contributed by atoms with Gasteiger partial charge in [0.05, 0.1) is 13.5 Å². The molecule has 1 fully saturated rings. The largest absolute Gasteiger partial charge is 0.455 e. The lowest BCUT2D eigenvalue weighted by molar-refractivity contribution is 0.397. The molecule has 1 aliphatic rings. The van der Waals surface area contributed by atoms with Crippen molar-refractivity contribution < 1.29 is 4.42 Å². The van der Waals surface area contributed by atoms with Crippen LogP contribution in [-0.2, 0) is 5.31 Å². The van der Waals surface area contributed by atoms with E-state index in [1.54, 1.807) is 0 Å². The maximum atomic E-state index is 6.73. The van der Waals surface area contributed by atoms with Gasteiger partial charge in [0.25, 0.3) is 0 Å². The number of hydrogen-bond acceptors (Lipinski definition) is 2. The van der Waals surface area contributed by atoms with Gasteiger partial charge in [-0.2, -0.15) is 0 Å². The van der Waals surface area contributed by atoms with Crippen LogP contribution in [0.1, 0.15) is 37.7 Å². The fourth-order valence-corrected chi connectivity index (χ4v) is 5.08. The molecule has 1 saturated carbocycles. The number of aromatic nitrogens is 1. The molecule has 0 aliphatic heterocycles. The standard InChI is InChI=1S/C27H22BNO/c28-27(14-6-1-7-15-27)19-12-13-23(29-17-19)22-16-18-8-2-3-9-20(18)25-21-10-4-5-11-24(21)30-26(22)25/h2-5,8-13,16-17H,1,6-7,14-15H2. The molecule has 1 aliphatic carbocycles. The third-order valence-corrected chi connectivity index (χ3v) is 6.73. The predicted octanol–water partition coefficient (Wildman–Crippen LogP) is 7.13. The molecule has 3 heteroatoms. The Balaban J connectivity index is 1.57. The van der Waals surface area contributed by atoms with Crippen molar-refractivity contribution >= 4 is 40.6 Å². The molecule has 0 amide bonds. The molecule has 0 spiro atoms. The van der Waals surface area contributed by atoms with Crippen LogP contribution in [0.5, 0.6) is 0 Å². The molecule has 6 rings (SSSR count). The minimum atomic E-state index is -0.234. The van der Waals surface area contributed by atoms with Crippen molar-refractivity contribution in [3.05, 3.63) is 78.5 Å². The SMILES string of the molecule is [B]C1(c2ccc(-c3cc4ccccc4c4c3oc3ccccc34)nc2)CCCCC1. The highest BCUT2D eigenvalue weighted by Crippen LogP contribution is 2.41. The Bertz CT molecular complexity index is 1380. The second-order valence-electron chi connectivity index (χ2n) is 8.60. The lowest BCUT2D eigenvalue weighted by atomic mass is 9.57. The number of pyridine rings is 1. The summed E-state index contributed by atoms with van der Waals surface area (Å²) >= 11 is 0. The zero-order valence-electron chi connectivity index (χ0n) is 16.9. The number of benzene rings is 3. The fourth-order valence-electron chi connectivity index (χ4n) is 5.08. The maximum absolute atomic E-state index is 6.73. The van der Waals surface area contributed by atoms with Crippen molar-refractivity contribution in [1.82, 2.24) is 4.98 Å². The molecule has 0 saturated heterocycles. The highest BCUT2D eigenvalue weighted by Gasteiger charge is 2.28. The van der Waals surface area contributed by atoms with Crippen molar-refractivity contribution in [3.63, 3.8) is 0 Å². The number of para-hydroxylation sites is 1. The number of furan rings is 1. The Kier molecular flexibility index (Phi) is 3.99. The lowest BCUT2D eigenvalue weighted by Gasteiger charge is -2.34. The van der Waals surface area contributed by atoms with E-state index < -0.39 is 0 Å². The molecule has 0 bridgehead atoms. The van der Waals surface area contributed by atoms with Crippen LogP contribution in [0.15, 0.2) is 77.3 Å². The highest BCUT2D eigenvalue weighted by molar-refractivity contribution is 6.22. The van der Waals surface area contributed by atoms with Crippen LogP contribution in [0.2, 0.25) is 0 Å². The molecule has 2 nitrogen and oxygen atoms in total. The summed E-state index contributed by atoms with van der Waals surface area (Å²) < 4.78 is 6.35. The summed E-state index contributed by atoms with van der Waals surface area (Å²) in [6.45, 7) is 0. The van der Waals surface area contributed by atoms with E-state index in [4.69, 9.17) is 17.2 Å². The van der Waals surface area contributed by atoms with Crippen LogP contribution in [0.25, 0.3) is 44.0 Å². The van der Waals surface area contributed by atoms with Gasteiger partial charge in [0.2, 0.25) is 0 Å². The quantitative estimate of drug-likeness (QED) is 0.301. The van der Waals surface area contributed by atoms with Gasteiger partial charge in [-0.3, -0.25) is 4.98 Å². The van der Waals surface area contributed by atoms with E-state index in [1.165, 1.54) is 30.0 Å². The van der Waals surface area contributed by atoms with Crippen LogP contribution in [0.3, 0.4) is 0 Å². The van der Waals surface area contributed by atoms with Crippen molar-refractivity contribution in [2.45, 2.75) is 37.4 Å². The van der Waals surface area contributed by atoms with Crippen molar-refractivity contribution in [2.75, 3.05) is 0 Å². The van der Waals surface area contributed by atoms with Gasteiger partial charge in [-0.05, 0) is 39.8 Å². The maximum Gasteiger partial charge on any atom is 0.145 e. The average molecular weight is 387 g/mol. The predicted molar refractivity (Wildman–Crippen MR) is 125 cm³/mol. The molecule has 144 valence electrons. The fraction of sp³-hybridized carbons (Fsp3) is 0.222. The number of hydrogen-bond donors (Lipinski definition) is 0. The molecule has 3 aromatic carbocycles. The van der Waals surface area contributed by atoms with E-state index >= 15 is 0 Å². The van der Waals surface area contributed by atoms with Crippen LogP contribution < -0.4 is 0 Å². The van der Waals surface area contributed by atoms with Crippen LogP contribution in [0.4, 0.5) is 0 Å². The third-order valence-electron chi connectivity index (χ3n) is 6.73. The summed E-state index contributed by atoms with van der Waals surface area (Å²) in [4.78, 5) is 4.86. The van der Waals surface area contributed by atoms with E-state index in [0.29, 0.717) is 0 Å². The lowest BCUT2D eigenvalue weighted by Crippen LogP contribution is -2.29. The Morgan fingerprint density at radius 3 is 2.40 bits per heavy atom. The molecule has 5 aromatic rings. The molecular weight excluding hydrogens is 365 g/mol. The van der Waals surface area contributed by atoms with Gasteiger partial charge in [-0.15, -0.1) is 0 Å². The Morgan fingerprint density at radius 1 is 0.833 bits per heavy atom. The van der Waals surface area contributed by atoms with Gasteiger partial charge in [0.15, 0.2) is 0 Å². The van der Waals surface area contributed by atoms with E-state index in [1.807, 2.05) is 18.3 Å². The molecule has 0 N–H and O–H groups in total. The smallest absolute Gasteiger partial charge is 0.145 e. The number of rotatable bonds is 2. The Morgan fingerprint density at radius 2 is 1.60 bits per heavy atom. The first-order valence-electron chi connectivity index (χ1n) is 10.8. The molecule has 0 atom stereocenters. The normalized spacial score (nSPS) is 16.4. The number of nitrogens with zero attached hydrogens (tertiary/aromatic N) is 1. The van der Waals surface area contributed by atoms with Crippen LogP contribution in [-0.4, -0.2) is 12.8 Å². The van der Waals surface area contributed by atoms with Crippen LogP contribution in [0, 0.1) is 0 Å². The second-order valence-corrected chi connectivity index (χ2v) is 8.60. The average Bonchev–Trinajstić information content (AvgIpc) is 3.19. The van der Waals surface area contributed by atoms with Gasteiger partial charge in [0.1, 0.15) is 11.2 Å². The monoisotopic (exact) mass is 387 g/mol. The van der Waals surface area contributed by atoms with Gasteiger partial charge in [0, 0.05) is 22.5 Å². The van der Waals surface area contributed by atoms with Crippen molar-refractivity contribution in [3.8, 4) is 11.3 Å². The molecule has 2 aromatic heterocycles. The summed E-state index contributed by atoms with van der Waals surface area (Å²) in [5.41, 5.74) is 4.90. The molecular formula is C27H22BNO. The summed E-state index contributed by atoms with van der Waals surface area (Å²) in [7, 11) is 6.73. The third kappa shape index (κ3) is 2.69. The van der Waals surface area contributed by atoms with E-state index in [2.05, 4.69) is 54.6 Å². The van der Waals surface area contributed by atoms with E-state index in [9.17, 15) is 0 Å². The zero-order valence-corrected chi connectivity index (χ0v) is 16.9. The van der Waals surface area contributed by atoms with E-state index in [-0.39, 0.29) is 5.31 Å². The van der Waals surface area contributed by atoms with E-state index in [0.717, 1.165) is 51.6 Å². The molecule has 0 unspecified atom stereocenters. The first-order valence-corrected chi connectivity index (χ1v) is 10.8. The van der Waals surface area contributed by atoms with Crippen LogP contribution >= 0.6 is 0 Å². The molecule has 2 radical (unpaired) electrons. The first-order chi connectivity index (χ1) is 14.7. The van der Waals surface area contributed by atoms with Gasteiger partial charge in [-0.25, -0.2) is 0 Å². The molecule has 30 heavy (non-hydrogen) atoms. The summed E-state index contributed by atoms with van der Waals surface area (Å²) in [5.74, 6) is 0. The van der Waals surface area contributed by atoms with Gasteiger partial charge < -0.3 is 4.42 Å². The van der Waals surface area contributed by atoms with Gasteiger partial charge in [-0.1, -0.05) is 80.6 Å².